The van der Waals surface area contributed by atoms with E-state index in [9.17, 15) is 14.3 Å². The minimum absolute atomic E-state index is 0.202. The van der Waals surface area contributed by atoms with Gasteiger partial charge in [0.05, 0.1) is 28.8 Å². The van der Waals surface area contributed by atoms with Crippen LogP contribution in [0.3, 0.4) is 0 Å². The molecule has 0 bridgehead atoms. The number of hydrogen-bond donors (Lipinski definition) is 1. The Morgan fingerprint density at radius 3 is 2.61 bits per heavy atom. The van der Waals surface area contributed by atoms with Gasteiger partial charge in [0.25, 0.3) is 0 Å². The number of pyridine rings is 1. The third kappa shape index (κ3) is 3.05. The monoisotopic (exact) mass is 482 g/mol. The molecule has 0 spiro atoms. The topological polar surface area (TPSA) is 89.1 Å². The molecule has 1 saturated carbocycles. The number of aryl methyl sites for hydroxylation is 2. The molecular weight excluding hydrogens is 459 g/mol. The van der Waals surface area contributed by atoms with Gasteiger partial charge < -0.3 is 10.0 Å². The number of benzene rings is 2. The number of carboxylic acid groups (broad SMARTS) is 1. The summed E-state index contributed by atoms with van der Waals surface area (Å²) >= 11 is 0. The summed E-state index contributed by atoms with van der Waals surface area (Å²) in [5.74, 6) is 0.0368. The first-order chi connectivity index (χ1) is 17.4. The standard InChI is InChI=1S/C27H23FN6O2/c1-14-4-3-5-17-25(18-8-15(28)9-22-19(18)11-32(2)30-22)31-34(26(14)17)16-6-7-23(29-10-16)33-12-20-21(13-33)24(20)27(35)36/h3-11,20-21,24H,12-13H2,1-2H3,(H,35,36)/t20-,21+,24?. The molecule has 9 heteroatoms. The first-order valence-corrected chi connectivity index (χ1v) is 11.9. The van der Waals surface area contributed by atoms with Gasteiger partial charge in [0.15, 0.2) is 0 Å². The van der Waals surface area contributed by atoms with Crippen LogP contribution in [0.25, 0.3) is 38.8 Å². The van der Waals surface area contributed by atoms with Crippen molar-refractivity contribution in [1.29, 1.82) is 0 Å². The van der Waals surface area contributed by atoms with Crippen molar-refractivity contribution < 1.29 is 14.3 Å². The third-order valence-corrected chi connectivity index (χ3v) is 7.64. The fourth-order valence-corrected chi connectivity index (χ4v) is 5.89. The second-order valence-electron chi connectivity index (χ2n) is 9.89. The molecule has 2 fully saturated rings. The molecule has 3 atom stereocenters. The van der Waals surface area contributed by atoms with Gasteiger partial charge in [0.1, 0.15) is 17.3 Å². The van der Waals surface area contributed by atoms with Gasteiger partial charge >= 0.3 is 5.97 Å². The van der Waals surface area contributed by atoms with E-state index < -0.39 is 5.97 Å². The molecular formula is C27H23FN6O2. The van der Waals surface area contributed by atoms with Gasteiger partial charge in [-0.3, -0.25) is 9.48 Å². The Morgan fingerprint density at radius 2 is 1.89 bits per heavy atom. The molecule has 3 aromatic heterocycles. The van der Waals surface area contributed by atoms with Crippen LogP contribution in [0.4, 0.5) is 10.2 Å². The molecule has 1 unspecified atom stereocenters. The number of fused-ring (bicyclic) bond motifs is 3. The first-order valence-electron chi connectivity index (χ1n) is 11.9. The summed E-state index contributed by atoms with van der Waals surface area (Å²) in [7, 11) is 1.82. The number of aromatic nitrogens is 5. The molecule has 36 heavy (non-hydrogen) atoms. The number of halogens is 1. The van der Waals surface area contributed by atoms with E-state index in [0.29, 0.717) is 16.8 Å². The van der Waals surface area contributed by atoms with Crippen molar-refractivity contribution in [3.63, 3.8) is 0 Å². The maximum atomic E-state index is 14.6. The van der Waals surface area contributed by atoms with Gasteiger partial charge in [0.2, 0.25) is 0 Å². The van der Waals surface area contributed by atoms with Crippen LogP contribution >= 0.6 is 0 Å². The third-order valence-electron chi connectivity index (χ3n) is 7.64. The van der Waals surface area contributed by atoms with E-state index in [-0.39, 0.29) is 23.6 Å². The Kier molecular flexibility index (Phi) is 4.31. The molecule has 2 aliphatic rings. The number of aliphatic carboxylic acids is 1. The van der Waals surface area contributed by atoms with Crippen molar-refractivity contribution in [2.75, 3.05) is 18.0 Å². The molecule has 7 rings (SSSR count). The zero-order valence-corrected chi connectivity index (χ0v) is 19.8. The van der Waals surface area contributed by atoms with Gasteiger partial charge in [0, 0.05) is 48.7 Å². The van der Waals surface area contributed by atoms with Gasteiger partial charge in [-0.25, -0.2) is 14.1 Å². The fraction of sp³-hybridized carbons (Fsp3) is 0.259. The molecule has 0 amide bonds. The molecule has 0 radical (unpaired) electrons. The number of rotatable bonds is 4. The zero-order chi connectivity index (χ0) is 24.7. The lowest BCUT2D eigenvalue weighted by atomic mass is 10.0. The van der Waals surface area contributed by atoms with Crippen LogP contribution < -0.4 is 4.90 Å². The SMILES string of the molecule is Cc1cccc2c(-c3cc(F)cc4nn(C)cc34)nn(-c3ccc(N4C[C@@H]5C(C(=O)O)[C@@H]5C4)nc3)c12. The molecule has 180 valence electrons. The highest BCUT2D eigenvalue weighted by Gasteiger charge is 2.60. The smallest absolute Gasteiger partial charge is 0.307 e. The van der Waals surface area contributed by atoms with E-state index in [1.54, 1.807) is 10.9 Å². The van der Waals surface area contributed by atoms with Crippen LogP contribution in [-0.2, 0) is 11.8 Å². The summed E-state index contributed by atoms with van der Waals surface area (Å²) in [6.07, 6.45) is 3.68. The minimum Gasteiger partial charge on any atom is -0.481 e. The van der Waals surface area contributed by atoms with E-state index in [4.69, 9.17) is 10.1 Å². The summed E-state index contributed by atoms with van der Waals surface area (Å²) in [6, 6.07) is 12.9. The quantitative estimate of drug-likeness (QED) is 0.413. The first kappa shape index (κ1) is 21.0. The number of carbonyl (C=O) groups is 1. The van der Waals surface area contributed by atoms with Gasteiger partial charge in [-0.1, -0.05) is 18.2 Å². The number of carboxylic acids is 1. The van der Waals surface area contributed by atoms with Crippen molar-refractivity contribution in [1.82, 2.24) is 24.5 Å². The largest absolute Gasteiger partial charge is 0.481 e. The molecule has 1 N–H and O–H groups in total. The lowest BCUT2D eigenvalue weighted by molar-refractivity contribution is -0.139. The second kappa shape index (κ2) is 7.36. The average molecular weight is 483 g/mol. The van der Waals surface area contributed by atoms with Crippen molar-refractivity contribution in [2.45, 2.75) is 6.92 Å². The Hall–Kier alpha value is -4.27. The van der Waals surface area contributed by atoms with E-state index in [1.807, 2.05) is 55.2 Å². The van der Waals surface area contributed by atoms with Crippen molar-refractivity contribution in [3.8, 4) is 16.9 Å². The number of hydrogen-bond acceptors (Lipinski definition) is 5. The van der Waals surface area contributed by atoms with Crippen molar-refractivity contribution in [2.24, 2.45) is 24.8 Å². The van der Waals surface area contributed by atoms with Gasteiger partial charge in [-0.05, 0) is 42.5 Å². The predicted molar refractivity (Wildman–Crippen MR) is 134 cm³/mol. The second-order valence-corrected chi connectivity index (χ2v) is 9.89. The Balaban J connectivity index is 1.30. The number of anilines is 1. The number of piperidine rings is 1. The van der Waals surface area contributed by atoms with Gasteiger partial charge in [-0.2, -0.15) is 10.2 Å². The van der Waals surface area contributed by atoms with Gasteiger partial charge in [-0.15, -0.1) is 0 Å². The fourth-order valence-electron chi connectivity index (χ4n) is 5.89. The highest BCUT2D eigenvalue weighted by Crippen LogP contribution is 2.52. The molecule has 8 nitrogen and oxygen atoms in total. The van der Waals surface area contributed by atoms with E-state index >= 15 is 0 Å². The lowest BCUT2D eigenvalue weighted by Gasteiger charge is -2.20. The Labute approximate surface area is 205 Å². The van der Waals surface area contributed by atoms with Crippen LogP contribution in [0, 0.1) is 30.5 Å². The molecule has 1 aliphatic heterocycles. The zero-order valence-electron chi connectivity index (χ0n) is 19.8. The van der Waals surface area contributed by atoms with Crippen LogP contribution in [0.5, 0.6) is 0 Å². The molecule has 1 saturated heterocycles. The summed E-state index contributed by atoms with van der Waals surface area (Å²) in [6.45, 7) is 3.48. The molecule has 2 aromatic carbocycles. The van der Waals surface area contributed by atoms with Crippen LogP contribution in [0.15, 0.2) is 54.9 Å². The molecule has 4 heterocycles. The summed E-state index contributed by atoms with van der Waals surface area (Å²) in [4.78, 5) is 18.1. The predicted octanol–water partition coefficient (Wildman–Crippen LogP) is 4.19. The normalized spacial score (nSPS) is 20.9. The van der Waals surface area contributed by atoms with E-state index in [1.165, 1.54) is 12.1 Å². The summed E-state index contributed by atoms with van der Waals surface area (Å²) in [5, 5.41) is 20.4. The Morgan fingerprint density at radius 1 is 1.08 bits per heavy atom. The van der Waals surface area contributed by atoms with Crippen molar-refractivity contribution in [3.05, 3.63) is 66.2 Å². The van der Waals surface area contributed by atoms with E-state index in [0.717, 1.165) is 46.4 Å². The highest BCUT2D eigenvalue weighted by atomic mass is 19.1. The maximum absolute atomic E-state index is 14.6. The molecule has 5 aromatic rings. The Bertz CT molecular complexity index is 1680. The average Bonchev–Trinajstić information content (AvgIpc) is 3.18. The van der Waals surface area contributed by atoms with Crippen LogP contribution in [-0.4, -0.2) is 48.7 Å². The van der Waals surface area contributed by atoms with Crippen molar-refractivity contribution >= 4 is 33.6 Å². The number of para-hydroxylation sites is 1. The summed E-state index contributed by atoms with van der Waals surface area (Å²) < 4.78 is 18.1. The number of nitrogens with zero attached hydrogens (tertiary/aromatic N) is 6. The lowest BCUT2D eigenvalue weighted by Crippen LogP contribution is -2.26. The maximum Gasteiger partial charge on any atom is 0.307 e. The minimum atomic E-state index is -0.688. The van der Waals surface area contributed by atoms with E-state index in [2.05, 4.69) is 10.00 Å². The summed E-state index contributed by atoms with van der Waals surface area (Å²) in [5.41, 5.74) is 4.76. The molecule has 1 aliphatic carbocycles. The van der Waals surface area contributed by atoms with Crippen LogP contribution in [0.1, 0.15) is 5.56 Å². The van der Waals surface area contributed by atoms with Crippen LogP contribution in [0.2, 0.25) is 0 Å². The highest BCUT2D eigenvalue weighted by molar-refractivity contribution is 6.03.